The minimum atomic E-state index is -0.00877. The Morgan fingerprint density at radius 1 is 1.23 bits per heavy atom. The fraction of sp³-hybridized carbons (Fsp3) is 0.450. The lowest BCUT2D eigenvalue weighted by Crippen LogP contribution is -2.21. The van der Waals surface area contributed by atoms with Crippen molar-refractivity contribution in [1.29, 1.82) is 0 Å². The van der Waals surface area contributed by atoms with Gasteiger partial charge in [-0.25, -0.2) is 0 Å². The highest BCUT2D eigenvalue weighted by Gasteiger charge is 2.14. The molecule has 1 aliphatic heterocycles. The Labute approximate surface area is 154 Å². The van der Waals surface area contributed by atoms with E-state index in [0.717, 1.165) is 28.1 Å². The summed E-state index contributed by atoms with van der Waals surface area (Å²) in [4.78, 5) is 0. The third-order valence-electron chi connectivity index (χ3n) is 4.46. The zero-order valence-electron chi connectivity index (χ0n) is 15.7. The number of nitrogens with one attached hydrogen (secondary N) is 1. The highest BCUT2D eigenvalue weighted by atomic mass is 16.5. The molecule has 0 fully saturated rings. The summed E-state index contributed by atoms with van der Waals surface area (Å²) in [6.45, 7) is 10.5. The van der Waals surface area contributed by atoms with Gasteiger partial charge < -0.3 is 19.5 Å². The summed E-state index contributed by atoms with van der Waals surface area (Å²) in [6, 6.07) is 6.11. The van der Waals surface area contributed by atoms with E-state index in [1.54, 1.807) is 0 Å². The van der Waals surface area contributed by atoms with E-state index in [4.69, 9.17) is 14.2 Å². The molecule has 0 aliphatic carbocycles. The fourth-order valence-electron chi connectivity index (χ4n) is 2.87. The summed E-state index contributed by atoms with van der Waals surface area (Å²) in [5, 5.41) is 7.70. The van der Waals surface area contributed by atoms with Crippen LogP contribution in [-0.2, 0) is 9.47 Å². The van der Waals surface area contributed by atoms with Gasteiger partial charge in [-0.2, -0.15) is 5.10 Å². The van der Waals surface area contributed by atoms with Gasteiger partial charge in [0.2, 0.25) is 0 Å². The molecule has 0 saturated heterocycles. The number of benzene rings is 1. The van der Waals surface area contributed by atoms with E-state index in [0.29, 0.717) is 26.4 Å². The molecule has 0 saturated carbocycles. The summed E-state index contributed by atoms with van der Waals surface area (Å²) in [5.41, 5.74) is 3.87. The average Bonchev–Trinajstić information content (AvgIpc) is 3.14. The first-order chi connectivity index (χ1) is 12.6. The third kappa shape index (κ3) is 4.26. The normalized spacial score (nSPS) is 21.9. The van der Waals surface area contributed by atoms with Gasteiger partial charge in [-0.15, -0.1) is 0 Å². The molecule has 3 rings (SSSR count). The van der Waals surface area contributed by atoms with Crippen LogP contribution in [0.4, 0.5) is 5.69 Å². The van der Waals surface area contributed by atoms with Gasteiger partial charge >= 0.3 is 0 Å². The molecule has 1 aromatic heterocycles. The maximum absolute atomic E-state index is 5.91. The molecule has 1 aromatic carbocycles. The van der Waals surface area contributed by atoms with Gasteiger partial charge in [-0.3, -0.25) is 4.68 Å². The summed E-state index contributed by atoms with van der Waals surface area (Å²) in [5.74, 6) is 0.791. The molecular formula is C20H27N3O3. The van der Waals surface area contributed by atoms with E-state index < -0.39 is 0 Å². The van der Waals surface area contributed by atoms with Crippen molar-refractivity contribution in [3.63, 3.8) is 0 Å². The van der Waals surface area contributed by atoms with Crippen LogP contribution in [0.25, 0.3) is 5.57 Å². The molecule has 2 aromatic rings. The predicted octanol–water partition coefficient (Wildman–Crippen LogP) is 3.36. The average molecular weight is 357 g/mol. The van der Waals surface area contributed by atoms with E-state index in [1.165, 1.54) is 0 Å². The molecule has 1 N–H and O–H groups in total. The SMILES string of the molecule is C=C1c2cnn(c2)[C@@H](C)COCCOC(C)COc2ccc(NC)c1c2. The molecule has 4 bridgehead atoms. The van der Waals surface area contributed by atoms with Crippen LogP contribution in [0.15, 0.2) is 37.2 Å². The first-order valence-corrected chi connectivity index (χ1v) is 8.96. The molecule has 1 aliphatic rings. The van der Waals surface area contributed by atoms with Crippen LogP contribution in [0.2, 0.25) is 0 Å². The summed E-state index contributed by atoms with van der Waals surface area (Å²) >= 11 is 0. The molecule has 1 unspecified atom stereocenters. The van der Waals surface area contributed by atoms with E-state index >= 15 is 0 Å². The maximum Gasteiger partial charge on any atom is 0.120 e. The smallest absolute Gasteiger partial charge is 0.120 e. The quantitative estimate of drug-likeness (QED) is 0.848. The van der Waals surface area contributed by atoms with Crippen molar-refractivity contribution in [3.8, 4) is 5.75 Å². The van der Waals surface area contributed by atoms with Crippen LogP contribution in [0.3, 0.4) is 0 Å². The van der Waals surface area contributed by atoms with Crippen LogP contribution in [0.1, 0.15) is 31.0 Å². The molecule has 0 radical (unpaired) electrons. The molecule has 0 amide bonds. The zero-order valence-corrected chi connectivity index (χ0v) is 15.7. The molecule has 26 heavy (non-hydrogen) atoms. The van der Waals surface area contributed by atoms with E-state index in [9.17, 15) is 0 Å². The molecule has 6 nitrogen and oxygen atoms in total. The van der Waals surface area contributed by atoms with Crippen molar-refractivity contribution in [3.05, 3.63) is 48.3 Å². The largest absolute Gasteiger partial charge is 0.491 e. The second kappa shape index (κ2) is 8.38. The predicted molar refractivity (Wildman–Crippen MR) is 103 cm³/mol. The van der Waals surface area contributed by atoms with Crippen molar-refractivity contribution in [1.82, 2.24) is 9.78 Å². The monoisotopic (exact) mass is 357 g/mol. The van der Waals surface area contributed by atoms with Gasteiger partial charge in [0.05, 0.1) is 38.2 Å². The molecule has 0 spiro atoms. The van der Waals surface area contributed by atoms with E-state index in [2.05, 4.69) is 23.9 Å². The molecular weight excluding hydrogens is 330 g/mol. The lowest BCUT2D eigenvalue weighted by Gasteiger charge is -2.18. The van der Waals surface area contributed by atoms with E-state index in [-0.39, 0.29) is 12.1 Å². The number of hydrogen-bond acceptors (Lipinski definition) is 5. The highest BCUT2D eigenvalue weighted by Crippen LogP contribution is 2.31. The summed E-state index contributed by atoms with van der Waals surface area (Å²) in [7, 11) is 1.90. The standard InChI is InChI=1S/C20H27N3O3/c1-14-12-24-7-8-25-15(2)13-26-18-5-6-20(21-4)19(9-18)16(3)17-10-22-23(14)11-17/h5-6,9-11,14-15,21H,3,7-8,12-13H2,1-2,4H3/t14-,15?/m0/s1. The van der Waals surface area contributed by atoms with Crippen molar-refractivity contribution in [2.75, 3.05) is 38.8 Å². The Kier molecular flexibility index (Phi) is 5.96. The lowest BCUT2D eigenvalue weighted by molar-refractivity contribution is -0.0109. The van der Waals surface area contributed by atoms with Crippen molar-refractivity contribution >= 4 is 11.3 Å². The number of fused-ring (bicyclic) bond motifs is 4. The lowest BCUT2D eigenvalue weighted by atomic mass is 10.00. The van der Waals surface area contributed by atoms with Crippen LogP contribution in [0, 0.1) is 0 Å². The van der Waals surface area contributed by atoms with Crippen molar-refractivity contribution in [2.24, 2.45) is 0 Å². The number of aromatic nitrogens is 2. The minimum absolute atomic E-state index is 0.00877. The van der Waals surface area contributed by atoms with Crippen molar-refractivity contribution in [2.45, 2.75) is 26.0 Å². The van der Waals surface area contributed by atoms with Gasteiger partial charge in [0.25, 0.3) is 0 Å². The number of rotatable bonds is 1. The molecule has 2 atom stereocenters. The molecule has 2 heterocycles. The van der Waals surface area contributed by atoms with Crippen molar-refractivity contribution < 1.29 is 14.2 Å². The summed E-state index contributed by atoms with van der Waals surface area (Å²) in [6.07, 6.45) is 3.84. The van der Waals surface area contributed by atoms with Gasteiger partial charge in [0.1, 0.15) is 12.4 Å². The number of nitrogens with zero attached hydrogens (tertiary/aromatic N) is 2. The number of ether oxygens (including phenoxy) is 3. The van der Waals surface area contributed by atoms with Gasteiger partial charge in [0.15, 0.2) is 0 Å². The van der Waals surface area contributed by atoms with Crippen LogP contribution in [-0.4, -0.2) is 49.4 Å². The van der Waals surface area contributed by atoms with Gasteiger partial charge in [-0.05, 0) is 37.6 Å². The second-order valence-electron chi connectivity index (χ2n) is 6.56. The Hall–Kier alpha value is -2.31. The Morgan fingerprint density at radius 3 is 2.88 bits per heavy atom. The maximum atomic E-state index is 5.91. The number of hydrogen-bond donors (Lipinski definition) is 1. The topological polar surface area (TPSA) is 57.5 Å². The second-order valence-corrected chi connectivity index (χ2v) is 6.56. The first-order valence-electron chi connectivity index (χ1n) is 8.96. The van der Waals surface area contributed by atoms with Gasteiger partial charge in [-0.1, -0.05) is 6.58 Å². The third-order valence-corrected chi connectivity index (χ3v) is 4.46. The van der Waals surface area contributed by atoms with Crippen LogP contribution >= 0.6 is 0 Å². The Bertz CT molecular complexity index is 757. The molecule has 6 heteroatoms. The van der Waals surface area contributed by atoms with Crippen LogP contribution < -0.4 is 10.1 Å². The number of anilines is 1. The van der Waals surface area contributed by atoms with Gasteiger partial charge in [0, 0.05) is 30.1 Å². The van der Waals surface area contributed by atoms with Crippen LogP contribution in [0.5, 0.6) is 5.75 Å². The Balaban J connectivity index is 1.93. The summed E-state index contributed by atoms with van der Waals surface area (Å²) < 4.78 is 19.3. The zero-order chi connectivity index (χ0) is 18.5. The Morgan fingerprint density at radius 2 is 2.08 bits per heavy atom. The first kappa shape index (κ1) is 18.5. The highest BCUT2D eigenvalue weighted by molar-refractivity contribution is 5.85. The van der Waals surface area contributed by atoms with E-state index in [1.807, 2.05) is 49.2 Å². The fourth-order valence-corrected chi connectivity index (χ4v) is 2.87. The minimum Gasteiger partial charge on any atom is -0.491 e. The molecule has 140 valence electrons.